The van der Waals surface area contributed by atoms with Crippen LogP contribution in [-0.4, -0.2) is 0 Å². The third-order valence-electron chi connectivity index (χ3n) is 2.01. The molecule has 84 valence electrons. The van der Waals surface area contributed by atoms with E-state index in [4.69, 9.17) is 16.0 Å². The molecule has 2 nitrogen and oxygen atoms in total. The second kappa shape index (κ2) is 5.05. The molecule has 0 saturated carbocycles. The Kier molecular flexibility index (Phi) is 3.70. The van der Waals surface area contributed by atoms with Crippen LogP contribution in [0.4, 0.5) is 10.1 Å². The molecule has 0 radical (unpaired) electrons. The number of halogens is 3. The molecule has 1 N–H and O–H groups in total. The fraction of sp³-hybridized carbons (Fsp3) is 0.0909. The lowest BCUT2D eigenvalue weighted by Gasteiger charge is -2.06. The molecule has 5 heteroatoms. The molecule has 2 aromatic rings. The topological polar surface area (TPSA) is 25.2 Å². The Balaban J connectivity index is 2.07. The van der Waals surface area contributed by atoms with Crippen molar-refractivity contribution in [3.05, 3.63) is 50.7 Å². The maximum Gasteiger partial charge on any atom is 0.164 e. The van der Waals surface area contributed by atoms with Crippen LogP contribution >= 0.6 is 34.2 Å². The lowest BCUT2D eigenvalue weighted by Crippen LogP contribution is -1.99. The van der Waals surface area contributed by atoms with E-state index < -0.39 is 0 Å². The highest BCUT2D eigenvalue weighted by Gasteiger charge is 2.03. The fourth-order valence-corrected chi connectivity index (χ4v) is 1.91. The van der Waals surface area contributed by atoms with Crippen molar-refractivity contribution >= 4 is 39.9 Å². The third kappa shape index (κ3) is 2.89. The molecule has 0 atom stereocenters. The van der Waals surface area contributed by atoms with Crippen LogP contribution in [0.15, 0.2) is 34.7 Å². The number of rotatable bonds is 3. The van der Waals surface area contributed by atoms with Crippen molar-refractivity contribution in [3.63, 3.8) is 0 Å². The lowest BCUT2D eigenvalue weighted by molar-refractivity contribution is 0.493. The Bertz CT molecular complexity index is 500. The van der Waals surface area contributed by atoms with Crippen LogP contribution in [0.1, 0.15) is 5.76 Å². The minimum atomic E-state index is -0.319. The van der Waals surface area contributed by atoms with Crippen LogP contribution < -0.4 is 5.32 Å². The van der Waals surface area contributed by atoms with E-state index in [0.29, 0.717) is 17.3 Å². The predicted octanol–water partition coefficient (Wildman–Crippen LogP) is 4.29. The summed E-state index contributed by atoms with van der Waals surface area (Å²) in [6.45, 7) is 0.478. The van der Waals surface area contributed by atoms with Gasteiger partial charge in [0, 0.05) is 0 Å². The molecule has 0 amide bonds. The van der Waals surface area contributed by atoms with Gasteiger partial charge in [-0.1, -0.05) is 11.6 Å². The maximum absolute atomic E-state index is 13.0. The van der Waals surface area contributed by atoms with Gasteiger partial charge >= 0.3 is 0 Å². The van der Waals surface area contributed by atoms with Crippen LogP contribution in [0.5, 0.6) is 0 Å². The highest BCUT2D eigenvalue weighted by molar-refractivity contribution is 14.1. The zero-order valence-electron chi connectivity index (χ0n) is 8.14. The smallest absolute Gasteiger partial charge is 0.164 e. The Morgan fingerprint density at radius 2 is 2.12 bits per heavy atom. The van der Waals surface area contributed by atoms with Crippen LogP contribution in [-0.2, 0) is 6.54 Å². The number of nitrogens with one attached hydrogen (secondary N) is 1. The monoisotopic (exact) mass is 351 g/mol. The van der Waals surface area contributed by atoms with E-state index >= 15 is 0 Å². The summed E-state index contributed by atoms with van der Waals surface area (Å²) in [5, 5.41) is 3.50. The Morgan fingerprint density at radius 1 is 1.31 bits per heavy atom. The summed E-state index contributed by atoms with van der Waals surface area (Å²) in [4.78, 5) is 0. The molecular weight excluding hydrogens is 343 g/mol. The zero-order valence-corrected chi connectivity index (χ0v) is 11.0. The number of benzene rings is 1. The van der Waals surface area contributed by atoms with Gasteiger partial charge in [-0.25, -0.2) is 4.39 Å². The van der Waals surface area contributed by atoms with Gasteiger partial charge in [0.15, 0.2) is 3.77 Å². The Morgan fingerprint density at radius 3 is 2.81 bits per heavy atom. The molecule has 0 spiro atoms. The molecule has 0 aliphatic carbocycles. The van der Waals surface area contributed by atoms with Gasteiger partial charge in [0.25, 0.3) is 0 Å². The summed E-state index contributed by atoms with van der Waals surface area (Å²) in [6, 6.07) is 7.93. The van der Waals surface area contributed by atoms with Gasteiger partial charge in [-0.3, -0.25) is 0 Å². The highest BCUT2D eigenvalue weighted by atomic mass is 127. The summed E-state index contributed by atoms with van der Waals surface area (Å²) >= 11 is 7.99. The summed E-state index contributed by atoms with van der Waals surface area (Å²) in [7, 11) is 0. The van der Waals surface area contributed by atoms with Gasteiger partial charge in [0.1, 0.15) is 11.6 Å². The van der Waals surface area contributed by atoms with E-state index in [1.807, 2.05) is 12.1 Å². The van der Waals surface area contributed by atoms with Crippen molar-refractivity contribution in [2.75, 3.05) is 5.32 Å². The first-order valence-electron chi connectivity index (χ1n) is 4.58. The lowest BCUT2D eigenvalue weighted by atomic mass is 10.3. The molecule has 2 rings (SSSR count). The van der Waals surface area contributed by atoms with Gasteiger partial charge in [-0.05, 0) is 52.9 Å². The van der Waals surface area contributed by atoms with Crippen molar-refractivity contribution in [3.8, 4) is 0 Å². The summed E-state index contributed by atoms with van der Waals surface area (Å²) in [5.41, 5.74) is 0.563. The quantitative estimate of drug-likeness (QED) is 0.835. The second-order valence-corrected chi connectivity index (χ2v) is 4.65. The van der Waals surface area contributed by atoms with E-state index in [9.17, 15) is 4.39 Å². The Labute approximate surface area is 111 Å². The van der Waals surface area contributed by atoms with Crippen LogP contribution in [0.25, 0.3) is 0 Å². The van der Waals surface area contributed by atoms with Gasteiger partial charge in [-0.15, -0.1) is 0 Å². The largest absolute Gasteiger partial charge is 0.454 e. The molecule has 1 aromatic carbocycles. The molecule has 1 aromatic heterocycles. The normalized spacial score (nSPS) is 10.4. The van der Waals surface area contributed by atoms with Crippen LogP contribution in [0.2, 0.25) is 5.02 Å². The zero-order chi connectivity index (χ0) is 11.5. The fourth-order valence-electron chi connectivity index (χ4n) is 1.26. The van der Waals surface area contributed by atoms with Gasteiger partial charge in [0.05, 0.1) is 17.3 Å². The number of hydrogen-bond acceptors (Lipinski definition) is 2. The predicted molar refractivity (Wildman–Crippen MR) is 70.2 cm³/mol. The van der Waals surface area contributed by atoms with Gasteiger partial charge in [-0.2, -0.15) is 0 Å². The molecule has 1 heterocycles. The summed E-state index contributed by atoms with van der Waals surface area (Å²) in [5.74, 6) is 0.464. The minimum absolute atomic E-state index is 0.319. The molecule has 0 bridgehead atoms. The number of hydrogen-bond donors (Lipinski definition) is 1. The van der Waals surface area contributed by atoms with E-state index in [-0.39, 0.29) is 5.82 Å². The van der Waals surface area contributed by atoms with Crippen LogP contribution in [0, 0.1) is 9.58 Å². The second-order valence-electron chi connectivity index (χ2n) is 3.18. The van der Waals surface area contributed by atoms with E-state index in [1.54, 1.807) is 0 Å². The van der Waals surface area contributed by atoms with Gasteiger partial charge < -0.3 is 9.73 Å². The van der Waals surface area contributed by atoms with Crippen molar-refractivity contribution in [2.24, 2.45) is 0 Å². The molecule has 0 aliphatic rings. The van der Waals surface area contributed by atoms with Crippen molar-refractivity contribution in [2.45, 2.75) is 6.54 Å². The number of furan rings is 1. The first-order valence-corrected chi connectivity index (χ1v) is 6.04. The average Bonchev–Trinajstić information content (AvgIpc) is 2.66. The number of anilines is 1. The van der Waals surface area contributed by atoms with Crippen molar-refractivity contribution in [1.82, 2.24) is 0 Å². The molecule has 0 fully saturated rings. The maximum atomic E-state index is 13.0. The summed E-state index contributed by atoms with van der Waals surface area (Å²) < 4.78 is 19.1. The van der Waals surface area contributed by atoms with E-state index in [2.05, 4.69) is 27.9 Å². The first kappa shape index (κ1) is 11.7. The molecule has 0 saturated heterocycles. The first-order chi connectivity index (χ1) is 7.65. The summed E-state index contributed by atoms with van der Waals surface area (Å²) in [6.07, 6.45) is 0. The van der Waals surface area contributed by atoms with E-state index in [0.717, 1.165) is 9.53 Å². The molecule has 16 heavy (non-hydrogen) atoms. The van der Waals surface area contributed by atoms with Crippen molar-refractivity contribution < 1.29 is 8.81 Å². The third-order valence-corrected chi connectivity index (χ3v) is 2.92. The van der Waals surface area contributed by atoms with Crippen molar-refractivity contribution in [1.29, 1.82) is 0 Å². The highest BCUT2D eigenvalue weighted by Crippen LogP contribution is 2.23. The minimum Gasteiger partial charge on any atom is -0.454 e. The molecule has 0 unspecified atom stereocenters. The standard InChI is InChI=1S/C11H8ClFINO/c12-9-3-1-7(13)5-10(9)15-6-8-2-4-11(14)16-8/h1-5,15H,6H2. The van der Waals surface area contributed by atoms with E-state index in [1.165, 1.54) is 18.2 Å². The average molecular weight is 352 g/mol. The SMILES string of the molecule is Fc1ccc(Cl)c(NCc2ccc(I)o2)c1. The van der Waals surface area contributed by atoms with Crippen LogP contribution in [0.3, 0.4) is 0 Å². The van der Waals surface area contributed by atoms with Gasteiger partial charge in [0.2, 0.25) is 0 Å². The molecule has 0 aliphatic heterocycles. The molecular formula is C11H8ClFINO. The Hall–Kier alpha value is -0.750.